The molecule has 0 bridgehead atoms. The van der Waals surface area contributed by atoms with Gasteiger partial charge in [0.1, 0.15) is 15.7 Å². The highest BCUT2D eigenvalue weighted by atomic mass is 32.5. The summed E-state index contributed by atoms with van der Waals surface area (Å²) in [6.45, 7) is 22.1. The van der Waals surface area contributed by atoms with Gasteiger partial charge in [-0.1, -0.05) is 83.1 Å². The molecule has 0 aromatic carbocycles. The van der Waals surface area contributed by atoms with Crippen molar-refractivity contribution < 1.29 is 23.4 Å². The van der Waals surface area contributed by atoms with Gasteiger partial charge in [-0.3, -0.25) is 0 Å². The van der Waals surface area contributed by atoms with Gasteiger partial charge in [-0.2, -0.15) is 0 Å². The normalized spacial score (nSPS) is 37.7. The fourth-order valence-corrected chi connectivity index (χ4v) is 7.37. The monoisotopic (exact) mass is 512 g/mol. The molecule has 0 saturated carbocycles. The lowest BCUT2D eigenvalue weighted by Gasteiger charge is -2.42. The highest BCUT2D eigenvalue weighted by Gasteiger charge is 2.54. The summed E-state index contributed by atoms with van der Waals surface area (Å²) in [6, 6.07) is -0.926. The second-order valence-corrected chi connectivity index (χ2v) is 17.3. The standard InChI is InChI=1S/C25H47B2O5PS/c1-22(2,3)15-14(30-20(26)16(15)23(4,5)6)13-29-33(28,34)32-18-17(24(7,8)9)21(27)31-19(18)25(10,11)12/h14-21H,13H2,1-12H3,(H,28,34)/t14-,15?,16+,17+,18?,19+,20-,21-,33?/m1/s1. The molecule has 34 heavy (non-hydrogen) atoms. The fourth-order valence-electron chi connectivity index (χ4n) is 5.94. The Morgan fingerprint density at radius 1 is 0.735 bits per heavy atom. The predicted molar refractivity (Wildman–Crippen MR) is 144 cm³/mol. The summed E-state index contributed by atoms with van der Waals surface area (Å²) in [7, 11) is 12.8. The Kier molecular flexibility index (Phi) is 9.10. The first-order valence-electron chi connectivity index (χ1n) is 12.4. The molecule has 1 N–H and O–H groups in total. The third kappa shape index (κ3) is 7.11. The summed E-state index contributed by atoms with van der Waals surface area (Å²) in [5, 5.41) is 0. The maximum Gasteiger partial charge on any atom is 0.324 e. The minimum Gasteiger partial charge on any atom is -0.382 e. The molecule has 0 aromatic heterocycles. The van der Waals surface area contributed by atoms with Crippen molar-refractivity contribution in [2.75, 3.05) is 6.61 Å². The van der Waals surface area contributed by atoms with E-state index in [1.54, 1.807) is 0 Å². The maximum absolute atomic E-state index is 11.2. The van der Waals surface area contributed by atoms with Crippen LogP contribution in [-0.2, 0) is 30.3 Å². The lowest BCUT2D eigenvalue weighted by atomic mass is 9.59. The van der Waals surface area contributed by atoms with E-state index in [2.05, 4.69) is 83.1 Å². The van der Waals surface area contributed by atoms with Gasteiger partial charge < -0.3 is 23.4 Å². The Labute approximate surface area is 216 Å². The quantitative estimate of drug-likeness (QED) is 0.392. The molecular formula is C25H47B2O5PS. The number of ether oxygens (including phenoxy) is 2. The van der Waals surface area contributed by atoms with E-state index >= 15 is 0 Å². The zero-order valence-corrected chi connectivity index (χ0v) is 25.1. The summed E-state index contributed by atoms with van der Waals surface area (Å²) in [5.74, 6) is 0.110. The zero-order valence-electron chi connectivity index (χ0n) is 23.4. The van der Waals surface area contributed by atoms with E-state index in [0.717, 1.165) is 0 Å². The number of rotatable bonds is 5. The van der Waals surface area contributed by atoms with Crippen LogP contribution in [0.4, 0.5) is 0 Å². The summed E-state index contributed by atoms with van der Waals surface area (Å²) in [5.41, 5.74) is -0.576. The first-order valence-corrected chi connectivity index (χ1v) is 15.0. The van der Waals surface area contributed by atoms with Crippen LogP contribution in [-0.4, -0.2) is 57.5 Å². The topological polar surface area (TPSA) is 57.2 Å². The second kappa shape index (κ2) is 10.0. The van der Waals surface area contributed by atoms with Crippen molar-refractivity contribution in [2.24, 2.45) is 39.4 Å². The van der Waals surface area contributed by atoms with Crippen LogP contribution >= 0.6 is 6.72 Å². The summed E-state index contributed by atoms with van der Waals surface area (Å²) in [4.78, 5) is 11.2. The molecule has 2 saturated heterocycles. The average molecular weight is 512 g/mol. The van der Waals surface area contributed by atoms with Gasteiger partial charge in [0, 0.05) is 17.9 Å². The van der Waals surface area contributed by atoms with Crippen molar-refractivity contribution in [3.8, 4) is 0 Å². The summed E-state index contributed by atoms with van der Waals surface area (Å²) < 4.78 is 24.5. The predicted octanol–water partition coefficient (Wildman–Crippen LogP) is 5.42. The molecule has 2 rings (SSSR count). The van der Waals surface area contributed by atoms with Crippen molar-refractivity contribution in [3.05, 3.63) is 0 Å². The molecular weight excluding hydrogens is 465 g/mol. The van der Waals surface area contributed by atoms with E-state index in [0.29, 0.717) is 0 Å². The van der Waals surface area contributed by atoms with Crippen LogP contribution in [0.1, 0.15) is 83.1 Å². The molecule has 0 aliphatic carbocycles. The molecule has 0 aromatic rings. The molecule has 9 heteroatoms. The Hall–Kier alpha value is 0.580. The van der Waals surface area contributed by atoms with Gasteiger partial charge in [0.2, 0.25) is 0 Å². The average Bonchev–Trinajstić information content (AvgIpc) is 3.08. The molecule has 5 nitrogen and oxygen atoms in total. The van der Waals surface area contributed by atoms with Crippen LogP contribution < -0.4 is 0 Å². The van der Waals surface area contributed by atoms with Crippen molar-refractivity contribution in [1.82, 2.24) is 0 Å². The number of hydrogen-bond donors (Lipinski definition) is 1. The Balaban J connectivity index is 2.24. The molecule has 4 radical (unpaired) electrons. The third-order valence-electron chi connectivity index (χ3n) is 7.29. The smallest absolute Gasteiger partial charge is 0.324 e. The second-order valence-electron chi connectivity index (χ2n) is 14.5. The molecule has 0 spiro atoms. The lowest BCUT2D eigenvalue weighted by molar-refractivity contribution is -0.0390. The molecule has 3 unspecified atom stereocenters. The first-order chi connectivity index (χ1) is 15.0. The minimum absolute atomic E-state index is 0.0425. The summed E-state index contributed by atoms with van der Waals surface area (Å²) >= 11 is 5.51. The van der Waals surface area contributed by atoms with E-state index in [4.69, 9.17) is 46.0 Å². The highest BCUT2D eigenvalue weighted by Crippen LogP contribution is 2.56. The van der Waals surface area contributed by atoms with Crippen LogP contribution in [0.3, 0.4) is 0 Å². The molecule has 2 aliphatic heterocycles. The van der Waals surface area contributed by atoms with Crippen LogP contribution in [0.25, 0.3) is 0 Å². The van der Waals surface area contributed by atoms with Crippen LogP contribution in [0.2, 0.25) is 0 Å². The van der Waals surface area contributed by atoms with Crippen LogP contribution in [0.15, 0.2) is 0 Å². The Morgan fingerprint density at radius 3 is 1.59 bits per heavy atom. The van der Waals surface area contributed by atoms with Gasteiger partial charge in [0.25, 0.3) is 0 Å². The van der Waals surface area contributed by atoms with E-state index in [1.807, 2.05) is 0 Å². The lowest BCUT2D eigenvalue weighted by Crippen LogP contribution is -2.43. The van der Waals surface area contributed by atoms with E-state index in [9.17, 15) is 4.89 Å². The Bertz CT molecular complexity index is 752. The Morgan fingerprint density at radius 2 is 1.18 bits per heavy atom. The van der Waals surface area contributed by atoms with E-state index < -0.39 is 24.8 Å². The van der Waals surface area contributed by atoms with Gasteiger partial charge in [-0.05, 0) is 45.3 Å². The van der Waals surface area contributed by atoms with Crippen LogP contribution in [0, 0.1) is 39.4 Å². The van der Waals surface area contributed by atoms with Gasteiger partial charge >= 0.3 is 6.72 Å². The molecule has 2 fully saturated rings. The highest BCUT2D eigenvalue weighted by molar-refractivity contribution is 8.07. The van der Waals surface area contributed by atoms with Crippen LogP contribution in [0.5, 0.6) is 0 Å². The zero-order chi connectivity index (χ0) is 26.7. The van der Waals surface area contributed by atoms with Gasteiger partial charge in [-0.25, -0.2) is 0 Å². The molecule has 194 valence electrons. The molecule has 2 aliphatic rings. The van der Waals surface area contributed by atoms with E-state index in [1.165, 1.54) is 0 Å². The fraction of sp³-hybridized carbons (Fsp3) is 1.00. The molecule has 0 amide bonds. The van der Waals surface area contributed by atoms with Crippen molar-refractivity contribution in [1.29, 1.82) is 0 Å². The van der Waals surface area contributed by atoms with Crippen molar-refractivity contribution in [3.63, 3.8) is 0 Å². The molecule has 9 atom stereocenters. The molecule has 2 heterocycles. The SMILES string of the molecule is [B][C@@H]1O[C@H](C(C)(C)C)C(OP(O)(=S)OC[C@H]2O[C@@H]([B])[C@@H](C(C)(C)C)C2C(C)(C)C)[C@@H]1C(C)(C)C. The van der Waals surface area contributed by atoms with Gasteiger partial charge in [0.05, 0.1) is 24.9 Å². The third-order valence-corrected chi connectivity index (χ3v) is 8.85. The van der Waals surface area contributed by atoms with Gasteiger partial charge in [0.15, 0.2) is 0 Å². The van der Waals surface area contributed by atoms with E-state index in [-0.39, 0.29) is 58.2 Å². The number of hydrogen-bond acceptors (Lipinski definition) is 5. The minimum atomic E-state index is -3.62. The first kappa shape index (κ1) is 30.8. The maximum atomic E-state index is 11.2. The van der Waals surface area contributed by atoms with Crippen molar-refractivity contribution in [2.45, 2.75) is 113 Å². The summed E-state index contributed by atoms with van der Waals surface area (Å²) in [6.07, 6.45) is -1.11. The van der Waals surface area contributed by atoms with Crippen molar-refractivity contribution >= 4 is 34.2 Å². The van der Waals surface area contributed by atoms with Gasteiger partial charge in [-0.15, -0.1) is 0 Å². The largest absolute Gasteiger partial charge is 0.382 e.